The smallest absolute Gasteiger partial charge is 0.233 e. The van der Waals surface area contributed by atoms with Crippen LogP contribution in [0, 0.1) is 11.6 Å². The van der Waals surface area contributed by atoms with Crippen molar-refractivity contribution in [2.75, 3.05) is 32.1 Å². The third kappa shape index (κ3) is 3.43. The van der Waals surface area contributed by atoms with E-state index in [-0.39, 0.29) is 16.6 Å². The summed E-state index contributed by atoms with van der Waals surface area (Å²) in [7, 11) is 0. The molecule has 1 amide bonds. The van der Waals surface area contributed by atoms with E-state index in [1.54, 1.807) is 4.90 Å². The number of halogens is 2. The van der Waals surface area contributed by atoms with Gasteiger partial charge in [-0.2, -0.15) is 0 Å². The zero-order valence-electron chi connectivity index (χ0n) is 9.70. The van der Waals surface area contributed by atoms with Gasteiger partial charge in [0.25, 0.3) is 0 Å². The topological polar surface area (TPSA) is 29.5 Å². The van der Waals surface area contributed by atoms with Crippen LogP contribution in [-0.2, 0) is 9.53 Å². The Balaban J connectivity index is 1.88. The quantitative estimate of drug-likeness (QED) is 0.788. The highest BCUT2D eigenvalue weighted by atomic mass is 32.2. The number of carbonyl (C=O) groups excluding carboxylic acids is 1. The number of ether oxygens (including phenoxy) is 1. The van der Waals surface area contributed by atoms with Gasteiger partial charge in [0.15, 0.2) is 0 Å². The maximum absolute atomic E-state index is 13.3. The predicted molar refractivity (Wildman–Crippen MR) is 64.5 cm³/mol. The first-order valence-electron chi connectivity index (χ1n) is 5.60. The van der Waals surface area contributed by atoms with E-state index in [1.807, 2.05) is 0 Å². The van der Waals surface area contributed by atoms with E-state index in [0.717, 1.165) is 17.8 Å². The van der Waals surface area contributed by atoms with Gasteiger partial charge >= 0.3 is 0 Å². The summed E-state index contributed by atoms with van der Waals surface area (Å²) in [4.78, 5) is 13.8. The molecule has 0 spiro atoms. The Kier molecular flexibility index (Phi) is 4.54. The molecule has 0 atom stereocenters. The lowest BCUT2D eigenvalue weighted by molar-refractivity contribution is -0.132. The summed E-state index contributed by atoms with van der Waals surface area (Å²) in [5.41, 5.74) is 0. The third-order valence-electron chi connectivity index (χ3n) is 2.61. The van der Waals surface area contributed by atoms with Gasteiger partial charge in [-0.3, -0.25) is 4.79 Å². The first kappa shape index (κ1) is 13.3. The number of carbonyl (C=O) groups is 1. The fourth-order valence-electron chi connectivity index (χ4n) is 1.64. The maximum Gasteiger partial charge on any atom is 0.233 e. The normalized spacial score (nSPS) is 15.8. The minimum atomic E-state index is -0.630. The second kappa shape index (κ2) is 6.15. The molecule has 0 aromatic heterocycles. The molecule has 6 heteroatoms. The van der Waals surface area contributed by atoms with Crippen molar-refractivity contribution in [3.05, 3.63) is 29.8 Å². The second-order valence-electron chi connectivity index (χ2n) is 3.86. The van der Waals surface area contributed by atoms with Gasteiger partial charge in [-0.1, -0.05) is 0 Å². The zero-order valence-corrected chi connectivity index (χ0v) is 10.5. The Hall–Kier alpha value is -1.14. The molecule has 0 unspecified atom stereocenters. The standard InChI is InChI=1S/C12H13F2NO2S/c13-9-1-2-11(10(14)7-9)18-8-12(16)15-3-5-17-6-4-15/h1-2,7H,3-6,8H2. The molecule has 98 valence electrons. The predicted octanol–water partition coefficient (Wildman–Crippen LogP) is 1.92. The van der Waals surface area contributed by atoms with Crippen LogP contribution in [0.5, 0.6) is 0 Å². The van der Waals surface area contributed by atoms with E-state index in [4.69, 9.17) is 4.74 Å². The fourth-order valence-corrected chi connectivity index (χ4v) is 2.46. The summed E-state index contributed by atoms with van der Waals surface area (Å²) in [5, 5.41) is 0. The van der Waals surface area contributed by atoms with E-state index < -0.39 is 11.6 Å². The van der Waals surface area contributed by atoms with E-state index in [1.165, 1.54) is 12.1 Å². The Morgan fingerprint density at radius 2 is 2.06 bits per heavy atom. The minimum absolute atomic E-state index is 0.0491. The van der Waals surface area contributed by atoms with E-state index in [0.29, 0.717) is 26.3 Å². The van der Waals surface area contributed by atoms with E-state index >= 15 is 0 Å². The van der Waals surface area contributed by atoms with Gasteiger partial charge in [-0.05, 0) is 12.1 Å². The first-order valence-corrected chi connectivity index (χ1v) is 6.59. The summed E-state index contributed by atoms with van der Waals surface area (Å²) in [6.07, 6.45) is 0. The van der Waals surface area contributed by atoms with Crippen molar-refractivity contribution >= 4 is 17.7 Å². The maximum atomic E-state index is 13.3. The van der Waals surface area contributed by atoms with E-state index in [9.17, 15) is 13.6 Å². The van der Waals surface area contributed by atoms with Crippen LogP contribution in [0.25, 0.3) is 0 Å². The van der Waals surface area contributed by atoms with Crippen molar-refractivity contribution < 1.29 is 18.3 Å². The summed E-state index contributed by atoms with van der Waals surface area (Å²) in [6, 6.07) is 3.36. The number of rotatable bonds is 3. The molecule has 18 heavy (non-hydrogen) atoms. The van der Waals surface area contributed by atoms with Crippen molar-refractivity contribution in [1.29, 1.82) is 0 Å². The largest absolute Gasteiger partial charge is 0.378 e. The SMILES string of the molecule is O=C(CSc1ccc(F)cc1F)N1CCOCC1. The third-order valence-corrected chi connectivity index (χ3v) is 3.64. The van der Waals surface area contributed by atoms with Gasteiger partial charge in [-0.15, -0.1) is 11.8 Å². The fraction of sp³-hybridized carbons (Fsp3) is 0.417. The van der Waals surface area contributed by atoms with E-state index in [2.05, 4.69) is 0 Å². The molecular weight excluding hydrogens is 260 g/mol. The van der Waals surface area contributed by atoms with Crippen LogP contribution in [0.3, 0.4) is 0 Å². The number of thioether (sulfide) groups is 1. The van der Waals surface area contributed by atoms with Crippen molar-refractivity contribution in [3.8, 4) is 0 Å². The molecule has 1 heterocycles. The van der Waals surface area contributed by atoms with Gasteiger partial charge < -0.3 is 9.64 Å². The Labute approximate surface area is 108 Å². The van der Waals surface area contributed by atoms with Crippen molar-refractivity contribution in [3.63, 3.8) is 0 Å². The molecule has 0 radical (unpaired) electrons. The number of morpholine rings is 1. The van der Waals surface area contributed by atoms with Gasteiger partial charge in [-0.25, -0.2) is 8.78 Å². The van der Waals surface area contributed by atoms with Gasteiger partial charge in [0.1, 0.15) is 11.6 Å². The molecule has 1 saturated heterocycles. The lowest BCUT2D eigenvalue weighted by Crippen LogP contribution is -2.41. The summed E-state index contributed by atoms with van der Waals surface area (Å²) >= 11 is 1.08. The Morgan fingerprint density at radius 1 is 1.33 bits per heavy atom. The summed E-state index contributed by atoms with van der Waals surface area (Å²) < 4.78 is 31.2. The van der Waals surface area contributed by atoms with Gasteiger partial charge in [0.2, 0.25) is 5.91 Å². The molecule has 0 N–H and O–H groups in total. The highest BCUT2D eigenvalue weighted by Gasteiger charge is 2.17. The molecule has 2 rings (SSSR count). The number of nitrogens with zero attached hydrogens (tertiary/aromatic N) is 1. The molecule has 0 aliphatic carbocycles. The Morgan fingerprint density at radius 3 is 2.72 bits per heavy atom. The monoisotopic (exact) mass is 273 g/mol. The van der Waals surface area contributed by atoms with Crippen molar-refractivity contribution in [1.82, 2.24) is 4.90 Å². The minimum Gasteiger partial charge on any atom is -0.378 e. The molecule has 0 bridgehead atoms. The highest BCUT2D eigenvalue weighted by Crippen LogP contribution is 2.22. The number of hydrogen-bond donors (Lipinski definition) is 0. The van der Waals surface area contributed by atoms with Crippen molar-refractivity contribution in [2.45, 2.75) is 4.90 Å². The van der Waals surface area contributed by atoms with Crippen LogP contribution >= 0.6 is 11.8 Å². The average molecular weight is 273 g/mol. The van der Waals surface area contributed by atoms with Crippen molar-refractivity contribution in [2.24, 2.45) is 0 Å². The molecular formula is C12H13F2NO2S. The lowest BCUT2D eigenvalue weighted by Gasteiger charge is -2.26. The van der Waals surface area contributed by atoms with Crippen LogP contribution in [0.2, 0.25) is 0 Å². The zero-order chi connectivity index (χ0) is 13.0. The van der Waals surface area contributed by atoms with Crippen LogP contribution in [-0.4, -0.2) is 42.9 Å². The molecule has 3 nitrogen and oxygen atoms in total. The average Bonchev–Trinajstić information content (AvgIpc) is 2.38. The molecule has 1 aliphatic rings. The molecule has 0 saturated carbocycles. The van der Waals surface area contributed by atoms with Gasteiger partial charge in [0.05, 0.1) is 19.0 Å². The first-order chi connectivity index (χ1) is 8.66. The summed E-state index contributed by atoms with van der Waals surface area (Å²) in [6.45, 7) is 2.24. The highest BCUT2D eigenvalue weighted by molar-refractivity contribution is 8.00. The van der Waals surface area contributed by atoms with Crippen LogP contribution in [0.1, 0.15) is 0 Å². The molecule has 1 aromatic carbocycles. The molecule has 1 aromatic rings. The van der Waals surface area contributed by atoms with Crippen LogP contribution in [0.15, 0.2) is 23.1 Å². The summed E-state index contributed by atoms with van der Waals surface area (Å²) in [5.74, 6) is -1.14. The molecule has 1 fully saturated rings. The lowest BCUT2D eigenvalue weighted by atomic mass is 10.3. The van der Waals surface area contributed by atoms with Crippen LogP contribution < -0.4 is 0 Å². The van der Waals surface area contributed by atoms with Crippen LogP contribution in [0.4, 0.5) is 8.78 Å². The Bertz CT molecular complexity index is 436. The molecule has 1 aliphatic heterocycles. The number of hydrogen-bond acceptors (Lipinski definition) is 3. The number of amides is 1. The van der Waals surface area contributed by atoms with Gasteiger partial charge in [0, 0.05) is 24.1 Å². The second-order valence-corrected chi connectivity index (χ2v) is 4.87. The number of benzene rings is 1.